The van der Waals surface area contributed by atoms with E-state index in [9.17, 15) is 9.18 Å². The molecule has 0 N–H and O–H groups in total. The van der Waals surface area contributed by atoms with Crippen molar-refractivity contribution in [3.8, 4) is 17.2 Å². The molecule has 0 bridgehead atoms. The molecule has 32 heavy (non-hydrogen) atoms. The summed E-state index contributed by atoms with van der Waals surface area (Å²) in [5.74, 6) is 1.47. The van der Waals surface area contributed by atoms with Crippen LogP contribution in [0.4, 0.5) is 4.39 Å². The van der Waals surface area contributed by atoms with Crippen molar-refractivity contribution >= 4 is 17.5 Å². The minimum Gasteiger partial charge on any atom is -0.360 e. The summed E-state index contributed by atoms with van der Waals surface area (Å²) in [4.78, 5) is 13.0. The first-order valence-corrected chi connectivity index (χ1v) is 11.0. The van der Waals surface area contributed by atoms with Crippen LogP contribution in [0.15, 0.2) is 58.7 Å². The number of benzene rings is 1. The van der Waals surface area contributed by atoms with Gasteiger partial charge in [-0.15, -0.1) is 16.8 Å². The molecule has 0 aliphatic rings. The molecule has 0 aliphatic carbocycles. The molecule has 3 aromatic heterocycles. The Bertz CT molecular complexity index is 1300. The lowest BCUT2D eigenvalue weighted by Gasteiger charge is -2.08. The van der Waals surface area contributed by atoms with Gasteiger partial charge in [-0.25, -0.2) is 4.39 Å². The molecule has 0 fully saturated rings. The van der Waals surface area contributed by atoms with E-state index >= 15 is 0 Å². The van der Waals surface area contributed by atoms with E-state index in [0.29, 0.717) is 40.2 Å². The predicted octanol–water partition coefficient (Wildman–Crippen LogP) is 4.95. The zero-order valence-electron chi connectivity index (χ0n) is 18.0. The van der Waals surface area contributed by atoms with E-state index < -0.39 is 0 Å². The fourth-order valence-corrected chi connectivity index (χ4v) is 4.43. The molecule has 0 radical (unpaired) electrons. The first kappa shape index (κ1) is 21.8. The second-order valence-corrected chi connectivity index (χ2v) is 8.26. The Labute approximate surface area is 188 Å². The number of thioether (sulfide) groups is 1. The average Bonchev–Trinajstić information content (AvgIpc) is 3.44. The van der Waals surface area contributed by atoms with Gasteiger partial charge in [0.25, 0.3) is 0 Å². The number of rotatable bonds is 8. The second kappa shape index (κ2) is 8.96. The first-order chi connectivity index (χ1) is 15.4. The maximum atomic E-state index is 14.3. The van der Waals surface area contributed by atoms with Crippen LogP contribution in [0, 0.1) is 26.6 Å². The molecular weight excluding hydrogens is 429 g/mol. The normalized spacial score (nSPS) is 11.1. The van der Waals surface area contributed by atoms with Crippen molar-refractivity contribution in [3.05, 3.63) is 77.6 Å². The van der Waals surface area contributed by atoms with Crippen LogP contribution in [0.3, 0.4) is 0 Å². The molecule has 0 saturated carbocycles. The van der Waals surface area contributed by atoms with Gasteiger partial charge in [0, 0.05) is 29.6 Å². The minimum absolute atomic E-state index is 0.0461. The number of hydrogen-bond donors (Lipinski definition) is 0. The van der Waals surface area contributed by atoms with Crippen molar-refractivity contribution < 1.29 is 13.7 Å². The van der Waals surface area contributed by atoms with Crippen LogP contribution >= 0.6 is 11.8 Å². The Hall–Kier alpha value is -3.46. The fourth-order valence-electron chi connectivity index (χ4n) is 3.60. The monoisotopic (exact) mass is 451 g/mol. The summed E-state index contributed by atoms with van der Waals surface area (Å²) in [6, 6.07) is 10.1. The number of carbonyl (C=O) groups is 1. The Balaban J connectivity index is 1.58. The van der Waals surface area contributed by atoms with Crippen LogP contribution in [0.25, 0.3) is 17.2 Å². The molecule has 0 atom stereocenters. The third-order valence-corrected chi connectivity index (χ3v) is 6.02. The third kappa shape index (κ3) is 4.03. The van der Waals surface area contributed by atoms with Crippen LogP contribution in [-0.2, 0) is 6.54 Å². The van der Waals surface area contributed by atoms with Crippen molar-refractivity contribution in [1.82, 2.24) is 24.5 Å². The predicted molar refractivity (Wildman–Crippen MR) is 121 cm³/mol. The number of Topliss-reactive ketones (excluding diaryl/α,β-unsaturated/α-hetero) is 1. The van der Waals surface area contributed by atoms with Gasteiger partial charge < -0.3 is 4.52 Å². The number of aromatic nitrogens is 5. The van der Waals surface area contributed by atoms with E-state index in [1.807, 2.05) is 37.5 Å². The average molecular weight is 452 g/mol. The van der Waals surface area contributed by atoms with Crippen molar-refractivity contribution in [2.75, 3.05) is 5.75 Å². The van der Waals surface area contributed by atoms with Gasteiger partial charge in [-0.1, -0.05) is 35.1 Å². The summed E-state index contributed by atoms with van der Waals surface area (Å²) in [6.45, 7) is 9.79. The van der Waals surface area contributed by atoms with Crippen LogP contribution in [-0.4, -0.2) is 36.0 Å². The number of carbonyl (C=O) groups excluding carboxylic acids is 1. The van der Waals surface area contributed by atoms with Crippen molar-refractivity contribution in [2.24, 2.45) is 0 Å². The van der Waals surface area contributed by atoms with Crippen molar-refractivity contribution in [2.45, 2.75) is 32.5 Å². The van der Waals surface area contributed by atoms with E-state index in [4.69, 9.17) is 4.52 Å². The smallest absolute Gasteiger partial charge is 0.192 e. The van der Waals surface area contributed by atoms with E-state index in [1.54, 1.807) is 28.8 Å². The summed E-state index contributed by atoms with van der Waals surface area (Å²) in [7, 11) is 0. The van der Waals surface area contributed by atoms with E-state index in [2.05, 4.69) is 21.9 Å². The summed E-state index contributed by atoms with van der Waals surface area (Å²) in [6.07, 6.45) is 1.69. The fraction of sp³-hybridized carbons (Fsp3) is 0.217. The molecule has 0 saturated heterocycles. The van der Waals surface area contributed by atoms with Gasteiger partial charge in [0.05, 0.1) is 11.3 Å². The quantitative estimate of drug-likeness (QED) is 0.214. The Morgan fingerprint density at radius 1 is 1.22 bits per heavy atom. The molecule has 4 rings (SSSR count). The van der Waals surface area contributed by atoms with Crippen LogP contribution < -0.4 is 0 Å². The van der Waals surface area contributed by atoms with Crippen molar-refractivity contribution in [1.29, 1.82) is 0 Å². The van der Waals surface area contributed by atoms with E-state index in [-0.39, 0.29) is 17.4 Å². The lowest BCUT2D eigenvalue weighted by molar-refractivity contribution is 0.102. The summed E-state index contributed by atoms with van der Waals surface area (Å²) < 4.78 is 23.1. The van der Waals surface area contributed by atoms with Crippen molar-refractivity contribution in [3.63, 3.8) is 0 Å². The number of allylic oxidation sites excluding steroid dienone is 1. The van der Waals surface area contributed by atoms with Gasteiger partial charge >= 0.3 is 0 Å². The SMILES string of the molecule is C=CCn1c(SCC(=O)c2cc(C)n(-c3cc(C)on3)c2C)nnc1-c1ccccc1F. The van der Waals surface area contributed by atoms with Gasteiger partial charge in [0.1, 0.15) is 11.6 Å². The molecular formula is C23H22FN5O2S. The number of aryl methyl sites for hydroxylation is 2. The molecule has 4 aromatic rings. The molecule has 164 valence electrons. The Morgan fingerprint density at radius 3 is 2.69 bits per heavy atom. The molecule has 0 amide bonds. The zero-order valence-corrected chi connectivity index (χ0v) is 18.8. The summed E-state index contributed by atoms with van der Waals surface area (Å²) in [5.41, 5.74) is 2.65. The number of halogens is 1. The number of ketones is 1. The van der Waals surface area contributed by atoms with E-state index in [1.165, 1.54) is 17.8 Å². The van der Waals surface area contributed by atoms with Crippen LogP contribution in [0.1, 0.15) is 27.5 Å². The molecule has 1 aromatic carbocycles. The molecule has 0 aliphatic heterocycles. The highest BCUT2D eigenvalue weighted by molar-refractivity contribution is 7.99. The molecule has 0 unspecified atom stereocenters. The second-order valence-electron chi connectivity index (χ2n) is 7.31. The van der Waals surface area contributed by atoms with E-state index in [0.717, 1.165) is 11.4 Å². The highest BCUT2D eigenvalue weighted by Crippen LogP contribution is 2.28. The standard InChI is InChI=1S/C23H22FN5O2S/c1-5-10-28-22(17-8-6-7-9-19(17)24)25-26-23(28)32-13-20(30)18-11-14(2)29(16(18)4)21-12-15(3)31-27-21/h5-9,11-12H,1,10,13H2,2-4H3. The largest absolute Gasteiger partial charge is 0.360 e. The topological polar surface area (TPSA) is 78.7 Å². The molecule has 3 heterocycles. The highest BCUT2D eigenvalue weighted by Gasteiger charge is 2.21. The lowest BCUT2D eigenvalue weighted by Crippen LogP contribution is -2.07. The minimum atomic E-state index is -0.381. The zero-order chi connectivity index (χ0) is 22.8. The number of hydrogen-bond acceptors (Lipinski definition) is 6. The molecule has 9 heteroatoms. The Morgan fingerprint density at radius 2 is 2.00 bits per heavy atom. The number of nitrogens with zero attached hydrogens (tertiary/aromatic N) is 5. The maximum Gasteiger partial charge on any atom is 0.192 e. The Kier molecular flexibility index (Phi) is 6.09. The van der Waals surface area contributed by atoms with Gasteiger partial charge in [-0.2, -0.15) is 0 Å². The lowest BCUT2D eigenvalue weighted by atomic mass is 10.2. The highest BCUT2D eigenvalue weighted by atomic mass is 32.2. The van der Waals surface area contributed by atoms with Crippen LogP contribution in [0.5, 0.6) is 0 Å². The third-order valence-electron chi connectivity index (χ3n) is 5.05. The van der Waals surface area contributed by atoms with Gasteiger partial charge in [0.15, 0.2) is 22.6 Å². The molecule has 0 spiro atoms. The van der Waals surface area contributed by atoms with Gasteiger partial charge in [-0.05, 0) is 39.0 Å². The summed E-state index contributed by atoms with van der Waals surface area (Å²) in [5, 5.41) is 12.9. The summed E-state index contributed by atoms with van der Waals surface area (Å²) >= 11 is 1.26. The first-order valence-electron chi connectivity index (χ1n) is 9.98. The van der Waals surface area contributed by atoms with Gasteiger partial charge in [0.2, 0.25) is 0 Å². The van der Waals surface area contributed by atoms with Crippen LogP contribution in [0.2, 0.25) is 0 Å². The molecule has 7 nitrogen and oxygen atoms in total. The van der Waals surface area contributed by atoms with Gasteiger partial charge in [-0.3, -0.25) is 13.9 Å². The maximum absolute atomic E-state index is 14.3.